The fourth-order valence-electron chi connectivity index (χ4n) is 2.49. The second-order valence-electron chi connectivity index (χ2n) is 4.95. The van der Waals surface area contributed by atoms with E-state index in [1.165, 1.54) is 25.7 Å². The molecule has 1 unspecified atom stereocenters. The van der Waals surface area contributed by atoms with Gasteiger partial charge in [0.2, 0.25) is 0 Å². The highest BCUT2D eigenvalue weighted by atomic mass is 32.2. The van der Waals surface area contributed by atoms with Crippen LogP contribution >= 0.6 is 0 Å². The molecule has 2 heteroatoms. The number of rotatable bonds is 2. The van der Waals surface area contributed by atoms with Gasteiger partial charge in [0.25, 0.3) is 0 Å². The Morgan fingerprint density at radius 1 is 1.00 bits per heavy atom. The number of benzene rings is 1. The lowest BCUT2D eigenvalue weighted by molar-refractivity contribution is 0.527. The zero-order chi connectivity index (χ0) is 11.4. The molecule has 1 aliphatic carbocycles. The molecule has 0 radical (unpaired) electrons. The van der Waals surface area contributed by atoms with Crippen molar-refractivity contribution < 1.29 is 4.21 Å². The maximum absolute atomic E-state index is 12.6. The lowest BCUT2D eigenvalue weighted by atomic mass is 10.0. The minimum absolute atomic E-state index is 0.00213. The van der Waals surface area contributed by atoms with Gasteiger partial charge in [-0.25, -0.2) is 0 Å². The van der Waals surface area contributed by atoms with Crippen LogP contribution in [-0.4, -0.2) is 8.96 Å². The highest BCUT2D eigenvalue weighted by Gasteiger charge is 2.32. The lowest BCUT2D eigenvalue weighted by Crippen LogP contribution is -2.29. The van der Waals surface area contributed by atoms with Gasteiger partial charge in [-0.2, -0.15) is 0 Å². The number of hydrogen-bond acceptors (Lipinski definition) is 1. The van der Waals surface area contributed by atoms with Crippen LogP contribution in [0.1, 0.15) is 45.4 Å². The van der Waals surface area contributed by atoms with E-state index in [1.54, 1.807) is 0 Å². The van der Waals surface area contributed by atoms with Crippen LogP contribution in [0.3, 0.4) is 0 Å². The Kier molecular flexibility index (Phi) is 3.80. The smallest absolute Gasteiger partial charge is 0.0589 e. The fraction of sp³-hybridized carbons (Fsp3) is 0.571. The van der Waals surface area contributed by atoms with Gasteiger partial charge in [-0.1, -0.05) is 43.9 Å². The predicted molar refractivity (Wildman–Crippen MR) is 69.0 cm³/mol. The molecular weight excluding hydrogens is 216 g/mol. The minimum Gasteiger partial charge on any atom is -0.254 e. The van der Waals surface area contributed by atoms with Crippen molar-refractivity contribution in [2.24, 2.45) is 0 Å². The molecule has 0 bridgehead atoms. The molecule has 16 heavy (non-hydrogen) atoms. The Morgan fingerprint density at radius 3 is 2.12 bits per heavy atom. The van der Waals surface area contributed by atoms with E-state index in [0.29, 0.717) is 0 Å². The van der Waals surface area contributed by atoms with Crippen LogP contribution in [-0.2, 0) is 10.8 Å². The molecule has 0 saturated heterocycles. The Balaban J connectivity index is 2.19. The first-order valence-corrected chi connectivity index (χ1v) is 7.34. The summed E-state index contributed by atoms with van der Waals surface area (Å²) < 4.78 is 12.6. The molecule has 0 aromatic heterocycles. The molecule has 2 rings (SSSR count). The quantitative estimate of drug-likeness (QED) is 0.712. The topological polar surface area (TPSA) is 17.1 Å². The molecular formula is C14H20OS. The molecule has 1 fully saturated rings. The Bertz CT molecular complexity index is 350. The van der Waals surface area contributed by atoms with Gasteiger partial charge in [-0.15, -0.1) is 0 Å². The molecule has 1 aliphatic rings. The Labute approximate surface area is 101 Å². The van der Waals surface area contributed by atoms with E-state index in [1.807, 2.05) is 30.3 Å². The van der Waals surface area contributed by atoms with Gasteiger partial charge in [0, 0.05) is 9.64 Å². The van der Waals surface area contributed by atoms with Crippen LogP contribution in [0.5, 0.6) is 0 Å². The molecule has 1 aromatic rings. The molecule has 1 saturated carbocycles. The second kappa shape index (κ2) is 5.13. The van der Waals surface area contributed by atoms with E-state index in [2.05, 4.69) is 6.92 Å². The van der Waals surface area contributed by atoms with E-state index in [-0.39, 0.29) is 4.75 Å². The summed E-state index contributed by atoms with van der Waals surface area (Å²) in [6.45, 7) is 2.20. The SMILES string of the molecule is CC1(S(=O)c2ccccc2)CCCCCC1. The van der Waals surface area contributed by atoms with Crippen LogP contribution in [0.25, 0.3) is 0 Å². The molecule has 0 spiro atoms. The van der Waals surface area contributed by atoms with Crippen molar-refractivity contribution in [3.8, 4) is 0 Å². The summed E-state index contributed by atoms with van der Waals surface area (Å²) in [6.07, 6.45) is 7.29. The molecule has 88 valence electrons. The molecule has 0 N–H and O–H groups in total. The van der Waals surface area contributed by atoms with Crippen molar-refractivity contribution in [1.82, 2.24) is 0 Å². The fourth-order valence-corrected chi connectivity index (χ4v) is 4.12. The third kappa shape index (κ3) is 2.54. The first-order chi connectivity index (χ1) is 7.72. The van der Waals surface area contributed by atoms with Gasteiger partial charge >= 0.3 is 0 Å². The zero-order valence-electron chi connectivity index (χ0n) is 9.95. The summed E-state index contributed by atoms with van der Waals surface area (Å²) in [5, 5.41) is 0. The Morgan fingerprint density at radius 2 is 1.56 bits per heavy atom. The third-order valence-corrected chi connectivity index (χ3v) is 5.57. The summed E-state index contributed by atoms with van der Waals surface area (Å²) in [5.41, 5.74) is 0. The average Bonchev–Trinajstić information content (AvgIpc) is 2.55. The van der Waals surface area contributed by atoms with Crippen molar-refractivity contribution >= 4 is 10.8 Å². The highest BCUT2D eigenvalue weighted by molar-refractivity contribution is 7.86. The maximum Gasteiger partial charge on any atom is 0.0589 e. The summed E-state index contributed by atoms with van der Waals surface area (Å²) in [5.74, 6) is 0. The van der Waals surface area contributed by atoms with E-state index in [0.717, 1.165) is 17.7 Å². The average molecular weight is 236 g/mol. The van der Waals surface area contributed by atoms with Crippen molar-refractivity contribution in [3.05, 3.63) is 30.3 Å². The highest BCUT2D eigenvalue weighted by Crippen LogP contribution is 2.34. The summed E-state index contributed by atoms with van der Waals surface area (Å²) >= 11 is 0. The van der Waals surface area contributed by atoms with Gasteiger partial charge < -0.3 is 0 Å². The summed E-state index contributed by atoms with van der Waals surface area (Å²) in [7, 11) is -0.847. The Hall–Kier alpha value is -0.630. The normalized spacial score (nSPS) is 22.3. The van der Waals surface area contributed by atoms with Crippen LogP contribution in [0, 0.1) is 0 Å². The molecule has 0 amide bonds. The van der Waals surface area contributed by atoms with Crippen molar-refractivity contribution in [2.45, 2.75) is 55.1 Å². The van der Waals surface area contributed by atoms with E-state index < -0.39 is 10.8 Å². The predicted octanol–water partition coefficient (Wildman–Crippen LogP) is 3.91. The van der Waals surface area contributed by atoms with Crippen molar-refractivity contribution in [2.75, 3.05) is 0 Å². The van der Waals surface area contributed by atoms with E-state index >= 15 is 0 Å². The maximum atomic E-state index is 12.6. The molecule has 1 atom stereocenters. The zero-order valence-corrected chi connectivity index (χ0v) is 10.8. The van der Waals surface area contributed by atoms with Crippen LogP contribution in [0.4, 0.5) is 0 Å². The number of hydrogen-bond donors (Lipinski definition) is 0. The van der Waals surface area contributed by atoms with E-state index in [9.17, 15) is 4.21 Å². The van der Waals surface area contributed by atoms with Crippen LogP contribution < -0.4 is 0 Å². The van der Waals surface area contributed by atoms with Gasteiger partial charge in [0.15, 0.2) is 0 Å². The first-order valence-electron chi connectivity index (χ1n) is 6.19. The monoisotopic (exact) mass is 236 g/mol. The van der Waals surface area contributed by atoms with Crippen molar-refractivity contribution in [1.29, 1.82) is 0 Å². The van der Waals surface area contributed by atoms with Gasteiger partial charge in [0.05, 0.1) is 10.8 Å². The van der Waals surface area contributed by atoms with Crippen LogP contribution in [0.2, 0.25) is 0 Å². The van der Waals surface area contributed by atoms with Gasteiger partial charge in [0.1, 0.15) is 0 Å². The standard InChI is InChI=1S/C14H20OS/c1-14(11-7-2-3-8-12-14)16(15)13-9-5-4-6-10-13/h4-6,9-10H,2-3,7-8,11-12H2,1H3. The second-order valence-corrected chi connectivity index (χ2v) is 6.94. The first kappa shape index (κ1) is 11.8. The summed E-state index contributed by atoms with van der Waals surface area (Å²) in [4.78, 5) is 0.993. The molecule has 0 aliphatic heterocycles. The lowest BCUT2D eigenvalue weighted by Gasteiger charge is -2.27. The molecule has 0 heterocycles. The van der Waals surface area contributed by atoms with Crippen LogP contribution in [0.15, 0.2) is 35.2 Å². The van der Waals surface area contributed by atoms with Crippen molar-refractivity contribution in [3.63, 3.8) is 0 Å². The largest absolute Gasteiger partial charge is 0.254 e. The molecule has 1 aromatic carbocycles. The summed E-state index contributed by atoms with van der Waals surface area (Å²) in [6, 6.07) is 9.93. The van der Waals surface area contributed by atoms with E-state index in [4.69, 9.17) is 0 Å². The third-order valence-electron chi connectivity index (χ3n) is 3.57. The van der Waals surface area contributed by atoms with Gasteiger partial charge in [-0.3, -0.25) is 4.21 Å². The molecule has 1 nitrogen and oxygen atoms in total. The minimum atomic E-state index is -0.847. The van der Waals surface area contributed by atoms with Gasteiger partial charge in [-0.05, 0) is 31.9 Å².